The van der Waals surface area contributed by atoms with E-state index < -0.39 is 0 Å². The van der Waals surface area contributed by atoms with Crippen molar-refractivity contribution in [3.63, 3.8) is 0 Å². The summed E-state index contributed by atoms with van der Waals surface area (Å²) in [7, 11) is 0. The first-order valence-corrected chi connectivity index (χ1v) is 6.04. The molecule has 82 valence electrons. The van der Waals surface area contributed by atoms with Crippen LogP contribution in [-0.4, -0.2) is 21.5 Å². The molecule has 1 N–H and O–H groups in total. The Morgan fingerprint density at radius 2 is 2.47 bits per heavy atom. The lowest BCUT2D eigenvalue weighted by Gasteiger charge is -2.44. The Balaban J connectivity index is 1.91. The van der Waals surface area contributed by atoms with Gasteiger partial charge in [0.05, 0.1) is 6.20 Å². The molecule has 1 aromatic rings. The normalized spacial score (nSPS) is 23.5. The van der Waals surface area contributed by atoms with E-state index in [-0.39, 0.29) is 10.6 Å². The highest BCUT2D eigenvalue weighted by Crippen LogP contribution is 2.39. The molecule has 1 aliphatic heterocycles. The third kappa shape index (κ3) is 2.32. The maximum atomic E-state index is 13.2. The third-order valence-electron chi connectivity index (χ3n) is 2.86. The fourth-order valence-electron chi connectivity index (χ4n) is 1.59. The molecule has 1 saturated heterocycles. The molecule has 1 aromatic heterocycles. The van der Waals surface area contributed by atoms with E-state index in [1.165, 1.54) is 6.20 Å². The summed E-state index contributed by atoms with van der Waals surface area (Å²) < 4.78 is 13.5. The van der Waals surface area contributed by atoms with Gasteiger partial charge in [-0.3, -0.25) is 4.98 Å². The lowest BCUT2D eigenvalue weighted by molar-refractivity contribution is 0.430. The zero-order chi connectivity index (χ0) is 10.9. The van der Waals surface area contributed by atoms with Gasteiger partial charge < -0.3 is 5.32 Å². The molecule has 0 amide bonds. The lowest BCUT2D eigenvalue weighted by Crippen LogP contribution is -2.54. The number of pyridine rings is 1. The topological polar surface area (TPSA) is 24.9 Å². The van der Waals surface area contributed by atoms with Gasteiger partial charge in [-0.25, -0.2) is 4.39 Å². The van der Waals surface area contributed by atoms with Crippen LogP contribution in [0.2, 0.25) is 0 Å². The van der Waals surface area contributed by atoms with Crippen LogP contribution in [0.1, 0.15) is 19.4 Å². The fourth-order valence-corrected chi connectivity index (χ4v) is 2.79. The van der Waals surface area contributed by atoms with Crippen LogP contribution < -0.4 is 5.32 Å². The van der Waals surface area contributed by atoms with Crippen LogP contribution >= 0.6 is 11.8 Å². The first-order chi connectivity index (χ1) is 7.09. The second kappa shape index (κ2) is 4.10. The average molecular weight is 226 g/mol. The number of rotatable bonds is 3. The summed E-state index contributed by atoms with van der Waals surface area (Å²) in [4.78, 5) is 3.73. The summed E-state index contributed by atoms with van der Waals surface area (Å²) in [6.07, 6.45) is 2.89. The first kappa shape index (κ1) is 10.9. The number of aromatic nitrogens is 1. The van der Waals surface area contributed by atoms with Crippen LogP contribution in [0, 0.1) is 5.82 Å². The molecule has 0 aromatic carbocycles. The molecule has 1 unspecified atom stereocenters. The van der Waals surface area contributed by atoms with E-state index in [0.29, 0.717) is 18.2 Å². The molecule has 0 saturated carbocycles. The van der Waals surface area contributed by atoms with Crippen LogP contribution in [-0.2, 0) is 6.54 Å². The van der Waals surface area contributed by atoms with E-state index in [1.54, 1.807) is 12.3 Å². The zero-order valence-electron chi connectivity index (χ0n) is 8.96. The van der Waals surface area contributed by atoms with E-state index in [4.69, 9.17) is 0 Å². The zero-order valence-corrected chi connectivity index (χ0v) is 9.77. The summed E-state index contributed by atoms with van der Waals surface area (Å²) in [5, 5.41) is 3.38. The van der Waals surface area contributed by atoms with E-state index >= 15 is 0 Å². The predicted molar refractivity (Wildman–Crippen MR) is 61.4 cm³/mol. The standard InChI is InChI=1S/C11H15FN2S/c1-11(2)10(7-15-11)14-5-8-3-4-13-6-9(8)12/h3-4,6,10,14H,5,7H2,1-2H3. The average Bonchev–Trinajstić information content (AvgIpc) is 2.19. The van der Waals surface area contributed by atoms with Crippen molar-refractivity contribution < 1.29 is 4.39 Å². The van der Waals surface area contributed by atoms with Crippen LogP contribution in [0.3, 0.4) is 0 Å². The molecule has 15 heavy (non-hydrogen) atoms. The highest BCUT2D eigenvalue weighted by atomic mass is 32.2. The molecule has 1 fully saturated rings. The maximum absolute atomic E-state index is 13.2. The number of nitrogens with one attached hydrogen (secondary N) is 1. The minimum Gasteiger partial charge on any atom is -0.308 e. The Bertz CT molecular complexity index is 354. The summed E-state index contributed by atoms with van der Waals surface area (Å²) in [6, 6.07) is 2.20. The summed E-state index contributed by atoms with van der Waals surface area (Å²) in [5.74, 6) is 0.884. The van der Waals surface area contributed by atoms with Gasteiger partial charge in [0, 0.05) is 34.8 Å². The molecule has 0 radical (unpaired) electrons. The van der Waals surface area contributed by atoms with E-state index in [2.05, 4.69) is 24.1 Å². The molecule has 2 rings (SSSR count). The Morgan fingerprint density at radius 3 is 3.00 bits per heavy atom. The van der Waals surface area contributed by atoms with Crippen LogP contribution in [0.25, 0.3) is 0 Å². The molecule has 2 heterocycles. The molecule has 0 spiro atoms. The van der Waals surface area contributed by atoms with Crippen molar-refractivity contribution in [3.8, 4) is 0 Å². The Kier molecular flexibility index (Phi) is 2.98. The Labute approximate surface area is 93.7 Å². The van der Waals surface area contributed by atoms with Crippen molar-refractivity contribution >= 4 is 11.8 Å². The number of hydrogen-bond donors (Lipinski definition) is 1. The largest absolute Gasteiger partial charge is 0.308 e. The number of thioether (sulfide) groups is 1. The van der Waals surface area contributed by atoms with Crippen molar-refractivity contribution in [1.29, 1.82) is 0 Å². The van der Waals surface area contributed by atoms with Crippen LogP contribution in [0.4, 0.5) is 4.39 Å². The Hall–Kier alpha value is -0.610. The van der Waals surface area contributed by atoms with Crippen LogP contribution in [0.15, 0.2) is 18.5 Å². The molecule has 1 atom stereocenters. The molecule has 2 nitrogen and oxygen atoms in total. The van der Waals surface area contributed by atoms with Gasteiger partial charge in [-0.2, -0.15) is 11.8 Å². The Morgan fingerprint density at radius 1 is 1.67 bits per heavy atom. The number of nitrogens with zero attached hydrogens (tertiary/aromatic N) is 1. The molecular weight excluding hydrogens is 211 g/mol. The van der Waals surface area contributed by atoms with E-state index in [0.717, 1.165) is 5.75 Å². The van der Waals surface area contributed by atoms with Gasteiger partial charge in [0.1, 0.15) is 5.82 Å². The minimum absolute atomic E-state index is 0.227. The quantitative estimate of drug-likeness (QED) is 0.855. The van der Waals surface area contributed by atoms with E-state index in [9.17, 15) is 4.39 Å². The van der Waals surface area contributed by atoms with Gasteiger partial charge >= 0.3 is 0 Å². The lowest BCUT2D eigenvalue weighted by atomic mass is 10.0. The predicted octanol–water partition coefficient (Wildman–Crippen LogP) is 2.20. The van der Waals surface area contributed by atoms with Crippen molar-refractivity contribution in [3.05, 3.63) is 29.8 Å². The molecule has 4 heteroatoms. The van der Waals surface area contributed by atoms with Gasteiger partial charge in [-0.15, -0.1) is 0 Å². The molecule has 0 bridgehead atoms. The molecule has 1 aliphatic rings. The van der Waals surface area contributed by atoms with Crippen molar-refractivity contribution in [2.75, 3.05) is 5.75 Å². The first-order valence-electron chi connectivity index (χ1n) is 5.05. The van der Waals surface area contributed by atoms with Gasteiger partial charge in [0.15, 0.2) is 0 Å². The monoisotopic (exact) mass is 226 g/mol. The summed E-state index contributed by atoms with van der Waals surface area (Å²) >= 11 is 1.94. The summed E-state index contributed by atoms with van der Waals surface area (Å²) in [6.45, 7) is 5.01. The SMILES string of the molecule is CC1(C)SCC1NCc1ccncc1F. The van der Waals surface area contributed by atoms with Gasteiger partial charge in [0.2, 0.25) is 0 Å². The highest BCUT2D eigenvalue weighted by Gasteiger charge is 2.38. The van der Waals surface area contributed by atoms with E-state index in [1.807, 2.05) is 11.8 Å². The fraction of sp³-hybridized carbons (Fsp3) is 0.545. The molecule has 0 aliphatic carbocycles. The maximum Gasteiger partial charge on any atom is 0.145 e. The smallest absolute Gasteiger partial charge is 0.145 e. The third-order valence-corrected chi connectivity index (χ3v) is 4.39. The second-order valence-corrected chi connectivity index (χ2v) is 5.99. The second-order valence-electron chi connectivity index (χ2n) is 4.32. The van der Waals surface area contributed by atoms with Gasteiger partial charge in [-0.05, 0) is 19.9 Å². The van der Waals surface area contributed by atoms with Crippen molar-refractivity contribution in [1.82, 2.24) is 10.3 Å². The highest BCUT2D eigenvalue weighted by molar-refractivity contribution is 8.02. The van der Waals surface area contributed by atoms with Gasteiger partial charge in [0.25, 0.3) is 0 Å². The van der Waals surface area contributed by atoms with Crippen molar-refractivity contribution in [2.45, 2.75) is 31.2 Å². The minimum atomic E-state index is -0.227. The molecular formula is C11H15FN2S. The van der Waals surface area contributed by atoms with Gasteiger partial charge in [-0.1, -0.05) is 0 Å². The number of halogens is 1. The van der Waals surface area contributed by atoms with Crippen molar-refractivity contribution in [2.24, 2.45) is 0 Å². The number of hydrogen-bond acceptors (Lipinski definition) is 3. The van der Waals surface area contributed by atoms with Crippen LogP contribution in [0.5, 0.6) is 0 Å². The summed E-state index contributed by atoms with van der Waals surface area (Å²) in [5.41, 5.74) is 0.692.